The smallest absolute Gasteiger partial charge is 0.222 e. The molecule has 1 amide bonds. The van der Waals surface area contributed by atoms with Crippen molar-refractivity contribution in [3.63, 3.8) is 0 Å². The molecule has 1 N–H and O–H groups in total. The fourth-order valence-corrected chi connectivity index (χ4v) is 5.20. The molecule has 2 atom stereocenters. The van der Waals surface area contributed by atoms with Gasteiger partial charge in [0.15, 0.2) is 5.79 Å². The first-order chi connectivity index (χ1) is 17.7. The molecule has 37 heavy (non-hydrogen) atoms. The SMILES string of the molecule is CCCCNC(=O)C[C@H]1C[C@@H](C=Cc2c(-c3ccc(F)cc3)c3ccccc3n2C(C)C)OC(C)(C)O1. The van der Waals surface area contributed by atoms with Crippen LogP contribution in [0.25, 0.3) is 28.1 Å². The van der Waals surface area contributed by atoms with Crippen LogP contribution in [0, 0.1) is 5.82 Å². The van der Waals surface area contributed by atoms with Crippen LogP contribution in [-0.4, -0.2) is 35.0 Å². The van der Waals surface area contributed by atoms with Crippen molar-refractivity contribution in [1.29, 1.82) is 0 Å². The lowest BCUT2D eigenvalue weighted by Gasteiger charge is -2.39. The van der Waals surface area contributed by atoms with Crippen LogP contribution in [0.3, 0.4) is 0 Å². The third-order valence-corrected chi connectivity index (χ3v) is 6.71. The summed E-state index contributed by atoms with van der Waals surface area (Å²) in [6.45, 7) is 10.9. The molecular weight excluding hydrogens is 467 g/mol. The summed E-state index contributed by atoms with van der Waals surface area (Å²) in [5.41, 5.74) is 4.21. The van der Waals surface area contributed by atoms with Gasteiger partial charge in [-0.3, -0.25) is 4.79 Å². The number of aromatic nitrogens is 1. The number of hydrogen-bond donors (Lipinski definition) is 1. The van der Waals surface area contributed by atoms with Crippen molar-refractivity contribution in [2.24, 2.45) is 0 Å². The Kier molecular flexibility index (Phi) is 8.50. The summed E-state index contributed by atoms with van der Waals surface area (Å²) >= 11 is 0. The lowest BCUT2D eigenvalue weighted by atomic mass is 10.00. The van der Waals surface area contributed by atoms with E-state index in [-0.39, 0.29) is 30.0 Å². The Morgan fingerprint density at radius 1 is 1.16 bits per heavy atom. The predicted octanol–water partition coefficient (Wildman–Crippen LogP) is 7.26. The Morgan fingerprint density at radius 2 is 1.89 bits per heavy atom. The molecule has 0 unspecified atom stereocenters. The van der Waals surface area contributed by atoms with E-state index < -0.39 is 5.79 Å². The first-order valence-electron chi connectivity index (χ1n) is 13.4. The van der Waals surface area contributed by atoms with E-state index in [0.29, 0.717) is 19.4 Å². The van der Waals surface area contributed by atoms with Crippen LogP contribution in [-0.2, 0) is 14.3 Å². The number of nitrogens with zero attached hydrogens (tertiary/aromatic N) is 1. The summed E-state index contributed by atoms with van der Waals surface area (Å²) in [4.78, 5) is 12.4. The van der Waals surface area contributed by atoms with Gasteiger partial charge in [0.05, 0.1) is 18.6 Å². The average Bonchev–Trinajstić information content (AvgIpc) is 3.17. The maximum atomic E-state index is 13.8. The van der Waals surface area contributed by atoms with Gasteiger partial charge in [-0.2, -0.15) is 0 Å². The molecule has 2 heterocycles. The molecule has 1 fully saturated rings. The first kappa shape index (κ1) is 27.1. The van der Waals surface area contributed by atoms with Gasteiger partial charge in [0.1, 0.15) is 5.82 Å². The number of carbonyl (C=O) groups is 1. The van der Waals surface area contributed by atoms with E-state index in [0.717, 1.165) is 40.6 Å². The molecule has 3 aromatic rings. The van der Waals surface area contributed by atoms with Crippen molar-refractivity contribution in [1.82, 2.24) is 9.88 Å². The number of amides is 1. The minimum Gasteiger partial charge on any atom is -0.356 e. The van der Waals surface area contributed by atoms with E-state index in [9.17, 15) is 9.18 Å². The van der Waals surface area contributed by atoms with Gasteiger partial charge in [0.2, 0.25) is 5.91 Å². The molecule has 1 aliphatic rings. The second-order valence-electron chi connectivity index (χ2n) is 10.5. The van der Waals surface area contributed by atoms with Gasteiger partial charge in [-0.1, -0.05) is 49.8 Å². The second-order valence-corrected chi connectivity index (χ2v) is 10.5. The first-order valence-corrected chi connectivity index (χ1v) is 13.4. The second kappa shape index (κ2) is 11.6. The summed E-state index contributed by atoms with van der Waals surface area (Å²) in [7, 11) is 0. The maximum Gasteiger partial charge on any atom is 0.222 e. The normalized spacial score (nSPS) is 19.6. The Morgan fingerprint density at radius 3 is 2.59 bits per heavy atom. The van der Waals surface area contributed by atoms with Crippen LogP contribution in [0.5, 0.6) is 0 Å². The number of halogens is 1. The predicted molar refractivity (Wildman–Crippen MR) is 148 cm³/mol. The third-order valence-electron chi connectivity index (χ3n) is 6.71. The van der Waals surface area contributed by atoms with Crippen molar-refractivity contribution in [2.45, 2.75) is 84.3 Å². The van der Waals surface area contributed by atoms with Crippen molar-refractivity contribution in [3.05, 3.63) is 66.1 Å². The number of hydrogen-bond acceptors (Lipinski definition) is 3. The number of unbranched alkanes of at least 4 members (excludes halogenated alkanes) is 1. The molecule has 1 saturated heterocycles. The van der Waals surface area contributed by atoms with E-state index in [1.54, 1.807) is 0 Å². The number of fused-ring (bicyclic) bond motifs is 1. The van der Waals surface area contributed by atoms with Crippen LogP contribution in [0.15, 0.2) is 54.6 Å². The van der Waals surface area contributed by atoms with Crippen molar-refractivity contribution in [2.75, 3.05) is 6.54 Å². The summed E-state index contributed by atoms with van der Waals surface area (Å²) in [6, 6.07) is 15.2. The van der Waals surface area contributed by atoms with Crippen molar-refractivity contribution in [3.8, 4) is 11.1 Å². The van der Waals surface area contributed by atoms with E-state index in [2.05, 4.69) is 54.9 Å². The molecule has 0 saturated carbocycles. The standard InChI is InChI=1S/C31H39FN2O3/c1-6-7-18-33-29(35)20-25-19-24(36-31(4,5)37-25)16-17-28-30(22-12-14-23(32)15-13-22)26-10-8-9-11-27(26)34(28)21(2)3/h8-17,21,24-25H,6-7,18-20H2,1-5H3,(H,33,35)/t24-,25-/m1/s1. The van der Waals surface area contributed by atoms with Crippen LogP contribution in [0.2, 0.25) is 0 Å². The molecule has 1 aromatic heterocycles. The van der Waals surface area contributed by atoms with E-state index in [4.69, 9.17) is 9.47 Å². The van der Waals surface area contributed by atoms with Gasteiger partial charge in [-0.15, -0.1) is 0 Å². The molecule has 0 radical (unpaired) electrons. The summed E-state index contributed by atoms with van der Waals surface area (Å²) < 4.78 is 28.4. The molecule has 0 spiro atoms. The Balaban J connectivity index is 1.66. The number of para-hydroxylation sites is 1. The van der Waals surface area contributed by atoms with Gasteiger partial charge < -0.3 is 19.4 Å². The number of ether oxygens (including phenoxy) is 2. The lowest BCUT2D eigenvalue weighted by Crippen LogP contribution is -2.45. The summed E-state index contributed by atoms with van der Waals surface area (Å²) in [5, 5.41) is 4.11. The molecule has 1 aliphatic heterocycles. The Bertz CT molecular complexity index is 1240. The fraction of sp³-hybridized carbons (Fsp3) is 0.452. The van der Waals surface area contributed by atoms with Crippen molar-refractivity contribution >= 4 is 22.9 Å². The minimum absolute atomic E-state index is 0.0115. The summed E-state index contributed by atoms with van der Waals surface area (Å²) in [6.07, 6.45) is 6.67. The maximum absolute atomic E-state index is 13.8. The molecule has 6 heteroatoms. The lowest BCUT2D eigenvalue weighted by molar-refractivity contribution is -0.289. The van der Waals surface area contributed by atoms with E-state index in [1.807, 2.05) is 38.1 Å². The molecule has 198 valence electrons. The van der Waals surface area contributed by atoms with Crippen LogP contribution in [0.1, 0.15) is 72.0 Å². The van der Waals surface area contributed by atoms with Gasteiger partial charge >= 0.3 is 0 Å². The topological polar surface area (TPSA) is 52.5 Å². The third kappa shape index (κ3) is 6.49. The summed E-state index contributed by atoms with van der Waals surface area (Å²) in [5.74, 6) is -1.04. The molecule has 0 aliphatic carbocycles. The number of benzene rings is 2. The highest BCUT2D eigenvalue weighted by Gasteiger charge is 2.35. The fourth-order valence-electron chi connectivity index (χ4n) is 5.20. The van der Waals surface area contributed by atoms with Crippen molar-refractivity contribution < 1.29 is 18.7 Å². The molecular formula is C31H39FN2O3. The zero-order valence-electron chi connectivity index (χ0n) is 22.6. The Hall–Kier alpha value is -2.96. The molecule has 5 nitrogen and oxygen atoms in total. The molecule has 2 aromatic carbocycles. The zero-order valence-corrected chi connectivity index (χ0v) is 22.6. The molecule has 0 bridgehead atoms. The number of rotatable bonds is 9. The largest absolute Gasteiger partial charge is 0.356 e. The van der Waals surface area contributed by atoms with Gasteiger partial charge in [0, 0.05) is 41.2 Å². The highest BCUT2D eigenvalue weighted by atomic mass is 19.1. The highest BCUT2D eigenvalue weighted by molar-refractivity contribution is 6.01. The number of carbonyl (C=O) groups excluding carboxylic acids is 1. The average molecular weight is 507 g/mol. The Labute approximate surface area is 219 Å². The molecule has 4 rings (SSSR count). The monoisotopic (exact) mass is 506 g/mol. The van der Waals surface area contributed by atoms with Gasteiger partial charge in [-0.05, 0) is 64.0 Å². The van der Waals surface area contributed by atoms with E-state index in [1.165, 1.54) is 12.1 Å². The minimum atomic E-state index is -0.799. The van der Waals surface area contributed by atoms with Gasteiger partial charge in [-0.25, -0.2) is 4.39 Å². The van der Waals surface area contributed by atoms with Crippen LogP contribution >= 0.6 is 0 Å². The zero-order chi connectivity index (χ0) is 26.6. The quantitative estimate of drug-likeness (QED) is 0.311. The van der Waals surface area contributed by atoms with Crippen LogP contribution in [0.4, 0.5) is 4.39 Å². The van der Waals surface area contributed by atoms with E-state index >= 15 is 0 Å². The number of nitrogens with one attached hydrogen (secondary N) is 1. The van der Waals surface area contributed by atoms with Gasteiger partial charge in [0.25, 0.3) is 0 Å². The highest BCUT2D eigenvalue weighted by Crippen LogP contribution is 2.38. The van der Waals surface area contributed by atoms with Crippen LogP contribution < -0.4 is 5.32 Å².